The van der Waals surface area contributed by atoms with Gasteiger partial charge in [-0.3, -0.25) is 0 Å². The number of aryl methyl sites for hydroxylation is 1. The molecule has 0 spiro atoms. The molecule has 5 heteroatoms. The van der Waals surface area contributed by atoms with Crippen LogP contribution in [0.1, 0.15) is 25.5 Å². The molecule has 1 atom stereocenters. The molecule has 0 aliphatic carbocycles. The third kappa shape index (κ3) is 3.10. The minimum Gasteiger partial charge on any atom is -0.378 e. The summed E-state index contributed by atoms with van der Waals surface area (Å²) in [6.07, 6.45) is 5.91. The van der Waals surface area contributed by atoms with Crippen LogP contribution < -0.4 is 5.32 Å². The summed E-state index contributed by atoms with van der Waals surface area (Å²) in [7, 11) is 1.76. The molecule has 102 valence electrons. The SMILES string of the molecule is CCCn1cncc1CNCC1(OC)CCOC1. The van der Waals surface area contributed by atoms with Crippen molar-refractivity contribution >= 4 is 0 Å². The second-order valence-corrected chi connectivity index (χ2v) is 4.87. The Bertz CT molecular complexity index is 359. The molecule has 1 aromatic heterocycles. The van der Waals surface area contributed by atoms with Crippen molar-refractivity contribution in [3.63, 3.8) is 0 Å². The molecule has 2 rings (SSSR count). The van der Waals surface area contributed by atoms with E-state index in [0.717, 1.165) is 39.1 Å². The fraction of sp³-hybridized carbons (Fsp3) is 0.769. The zero-order valence-corrected chi connectivity index (χ0v) is 11.3. The summed E-state index contributed by atoms with van der Waals surface area (Å²) >= 11 is 0. The van der Waals surface area contributed by atoms with Gasteiger partial charge in [0.05, 0.1) is 18.6 Å². The van der Waals surface area contributed by atoms with E-state index in [1.54, 1.807) is 7.11 Å². The number of hydrogen-bond donors (Lipinski definition) is 1. The maximum Gasteiger partial charge on any atom is 0.106 e. The smallest absolute Gasteiger partial charge is 0.106 e. The van der Waals surface area contributed by atoms with E-state index in [1.807, 2.05) is 12.5 Å². The first-order valence-corrected chi connectivity index (χ1v) is 6.62. The number of rotatable bonds is 7. The molecular formula is C13H23N3O2. The summed E-state index contributed by atoms with van der Waals surface area (Å²) < 4.78 is 13.2. The fourth-order valence-electron chi connectivity index (χ4n) is 2.32. The van der Waals surface area contributed by atoms with E-state index in [0.29, 0.717) is 6.61 Å². The van der Waals surface area contributed by atoms with E-state index >= 15 is 0 Å². The second kappa shape index (κ2) is 6.31. The molecule has 0 aromatic carbocycles. The van der Waals surface area contributed by atoms with Crippen LogP contribution in [0.15, 0.2) is 12.5 Å². The largest absolute Gasteiger partial charge is 0.378 e. The molecule has 2 heterocycles. The molecule has 1 saturated heterocycles. The Morgan fingerprint density at radius 1 is 1.61 bits per heavy atom. The molecule has 0 radical (unpaired) electrons. The van der Waals surface area contributed by atoms with Crippen LogP contribution in [0.25, 0.3) is 0 Å². The number of methoxy groups -OCH3 is 1. The lowest BCUT2D eigenvalue weighted by Crippen LogP contribution is -2.42. The third-order valence-electron chi connectivity index (χ3n) is 3.52. The lowest BCUT2D eigenvalue weighted by atomic mass is 10.0. The van der Waals surface area contributed by atoms with Crippen LogP contribution in [0.4, 0.5) is 0 Å². The average molecular weight is 253 g/mol. The lowest BCUT2D eigenvalue weighted by Gasteiger charge is -2.26. The zero-order chi connectivity index (χ0) is 12.8. The van der Waals surface area contributed by atoms with Crippen molar-refractivity contribution in [1.82, 2.24) is 14.9 Å². The molecule has 5 nitrogen and oxygen atoms in total. The summed E-state index contributed by atoms with van der Waals surface area (Å²) in [5.41, 5.74) is 1.08. The lowest BCUT2D eigenvalue weighted by molar-refractivity contribution is -0.0160. The molecular weight excluding hydrogens is 230 g/mol. The number of nitrogens with zero attached hydrogens (tertiary/aromatic N) is 2. The van der Waals surface area contributed by atoms with Crippen LogP contribution in [-0.2, 0) is 22.6 Å². The van der Waals surface area contributed by atoms with Gasteiger partial charge in [-0.05, 0) is 6.42 Å². The summed E-state index contributed by atoms with van der Waals surface area (Å²) in [6, 6.07) is 0. The molecule has 1 fully saturated rings. The van der Waals surface area contributed by atoms with Crippen LogP contribution in [0, 0.1) is 0 Å². The summed E-state index contributed by atoms with van der Waals surface area (Å²) in [5.74, 6) is 0. The monoisotopic (exact) mass is 253 g/mol. The van der Waals surface area contributed by atoms with Gasteiger partial charge in [-0.2, -0.15) is 0 Å². The number of nitrogens with one attached hydrogen (secondary N) is 1. The zero-order valence-electron chi connectivity index (χ0n) is 11.3. The summed E-state index contributed by atoms with van der Waals surface area (Å²) in [5, 5.41) is 3.45. The van der Waals surface area contributed by atoms with Gasteiger partial charge in [0.1, 0.15) is 5.60 Å². The Balaban J connectivity index is 1.82. The van der Waals surface area contributed by atoms with Crippen molar-refractivity contribution in [3.8, 4) is 0 Å². The number of ether oxygens (including phenoxy) is 2. The maximum absolute atomic E-state index is 5.59. The van der Waals surface area contributed by atoms with Gasteiger partial charge in [0.15, 0.2) is 0 Å². The van der Waals surface area contributed by atoms with E-state index < -0.39 is 0 Å². The van der Waals surface area contributed by atoms with E-state index in [9.17, 15) is 0 Å². The van der Waals surface area contributed by atoms with Gasteiger partial charge < -0.3 is 19.4 Å². The van der Waals surface area contributed by atoms with Crippen molar-refractivity contribution < 1.29 is 9.47 Å². The predicted molar refractivity (Wildman–Crippen MR) is 69.4 cm³/mol. The van der Waals surface area contributed by atoms with Gasteiger partial charge >= 0.3 is 0 Å². The Hall–Kier alpha value is -0.910. The van der Waals surface area contributed by atoms with E-state index in [2.05, 4.69) is 21.8 Å². The normalized spacial score (nSPS) is 23.7. The molecule has 0 bridgehead atoms. The highest BCUT2D eigenvalue weighted by atomic mass is 16.5. The molecule has 1 N–H and O–H groups in total. The summed E-state index contributed by atoms with van der Waals surface area (Å²) in [4.78, 5) is 4.20. The van der Waals surface area contributed by atoms with Gasteiger partial charge in [-0.1, -0.05) is 6.92 Å². The van der Waals surface area contributed by atoms with Crippen molar-refractivity contribution in [1.29, 1.82) is 0 Å². The van der Waals surface area contributed by atoms with Crippen molar-refractivity contribution in [3.05, 3.63) is 18.2 Å². The first-order valence-electron chi connectivity index (χ1n) is 6.62. The third-order valence-corrected chi connectivity index (χ3v) is 3.52. The highest BCUT2D eigenvalue weighted by Gasteiger charge is 2.34. The first kappa shape index (κ1) is 13.5. The number of aromatic nitrogens is 2. The summed E-state index contributed by atoms with van der Waals surface area (Å²) in [6.45, 7) is 6.32. The second-order valence-electron chi connectivity index (χ2n) is 4.87. The fourth-order valence-corrected chi connectivity index (χ4v) is 2.32. The molecule has 0 saturated carbocycles. The van der Waals surface area contributed by atoms with E-state index in [1.165, 1.54) is 5.69 Å². The van der Waals surface area contributed by atoms with Crippen LogP contribution in [-0.4, -0.2) is 42.0 Å². The Labute approximate surface area is 108 Å². The van der Waals surface area contributed by atoms with Gasteiger partial charge in [-0.25, -0.2) is 4.98 Å². The van der Waals surface area contributed by atoms with Crippen LogP contribution >= 0.6 is 0 Å². The molecule has 1 unspecified atom stereocenters. The van der Waals surface area contributed by atoms with Crippen LogP contribution in [0.2, 0.25) is 0 Å². The molecule has 1 aromatic rings. The molecule has 1 aliphatic heterocycles. The molecule has 18 heavy (non-hydrogen) atoms. The number of hydrogen-bond acceptors (Lipinski definition) is 4. The van der Waals surface area contributed by atoms with Crippen LogP contribution in [0.3, 0.4) is 0 Å². The average Bonchev–Trinajstić information content (AvgIpc) is 3.01. The Morgan fingerprint density at radius 2 is 2.50 bits per heavy atom. The molecule has 1 aliphatic rings. The number of imidazole rings is 1. The minimum atomic E-state index is -0.143. The van der Waals surface area contributed by atoms with Gasteiger partial charge in [-0.15, -0.1) is 0 Å². The quantitative estimate of drug-likeness (QED) is 0.793. The highest BCUT2D eigenvalue weighted by Crippen LogP contribution is 2.21. The highest BCUT2D eigenvalue weighted by molar-refractivity contribution is 4.98. The Morgan fingerprint density at radius 3 is 3.17 bits per heavy atom. The van der Waals surface area contributed by atoms with Gasteiger partial charge in [0.2, 0.25) is 0 Å². The minimum absolute atomic E-state index is 0.143. The van der Waals surface area contributed by atoms with Crippen LogP contribution in [0.5, 0.6) is 0 Å². The topological polar surface area (TPSA) is 48.3 Å². The van der Waals surface area contributed by atoms with Crippen molar-refractivity contribution in [2.75, 3.05) is 26.9 Å². The van der Waals surface area contributed by atoms with Gasteiger partial charge in [0, 0.05) is 46.0 Å². The van der Waals surface area contributed by atoms with E-state index in [4.69, 9.17) is 9.47 Å². The predicted octanol–water partition coefficient (Wildman–Crippen LogP) is 1.19. The van der Waals surface area contributed by atoms with E-state index in [-0.39, 0.29) is 5.60 Å². The Kier molecular flexibility index (Phi) is 4.74. The maximum atomic E-state index is 5.59. The molecule has 0 amide bonds. The standard InChI is InChI=1S/C13H23N3O2/c1-3-5-16-11-15-8-12(16)7-14-9-13(17-2)4-6-18-10-13/h8,11,14H,3-7,9-10H2,1-2H3. The first-order chi connectivity index (χ1) is 8.79. The van der Waals surface area contributed by atoms with Crippen molar-refractivity contribution in [2.45, 2.75) is 38.5 Å². The van der Waals surface area contributed by atoms with Crippen molar-refractivity contribution in [2.24, 2.45) is 0 Å². The van der Waals surface area contributed by atoms with Gasteiger partial charge in [0.25, 0.3) is 0 Å².